The van der Waals surface area contributed by atoms with Crippen LogP contribution in [0.15, 0.2) is 0 Å². The van der Waals surface area contributed by atoms with E-state index in [2.05, 4.69) is 23.6 Å². The molecule has 0 atom stereocenters. The maximum absolute atomic E-state index is 2.71. The van der Waals surface area contributed by atoms with Crippen molar-refractivity contribution in [2.45, 2.75) is 38.6 Å². The Morgan fingerprint density at radius 1 is 1.08 bits per heavy atom. The molecule has 0 N–H and O–H groups in total. The molecular weight excluding hydrogens is 160 g/mol. The Hall–Kier alpha value is -0.0800. The molecule has 1 aliphatic carbocycles. The fourth-order valence-electron chi connectivity index (χ4n) is 2.92. The summed E-state index contributed by atoms with van der Waals surface area (Å²) in [6.07, 6.45) is 4.34. The summed E-state index contributed by atoms with van der Waals surface area (Å²) >= 11 is 0. The molecule has 0 amide bonds. The normalized spacial score (nSPS) is 29.1. The minimum absolute atomic E-state index is 0.600. The van der Waals surface area contributed by atoms with Crippen LogP contribution in [-0.4, -0.2) is 48.1 Å². The van der Waals surface area contributed by atoms with Gasteiger partial charge in [0, 0.05) is 25.2 Å². The first-order chi connectivity index (χ1) is 6.30. The van der Waals surface area contributed by atoms with Crippen LogP contribution in [0.1, 0.15) is 33.1 Å². The summed E-state index contributed by atoms with van der Waals surface area (Å²) in [5.41, 5.74) is 0.600. The minimum Gasteiger partial charge on any atom is -0.301 e. The molecule has 0 unspecified atom stereocenters. The average molecular weight is 182 g/mol. The molecule has 0 bridgehead atoms. The molecule has 1 saturated heterocycles. The number of piperazine rings is 1. The van der Waals surface area contributed by atoms with E-state index in [1.54, 1.807) is 0 Å². The highest BCUT2D eigenvalue weighted by molar-refractivity contribution is 5.02. The van der Waals surface area contributed by atoms with Crippen LogP contribution in [-0.2, 0) is 0 Å². The highest BCUT2D eigenvalue weighted by atomic mass is 15.3. The van der Waals surface area contributed by atoms with Crippen LogP contribution in [0.25, 0.3) is 0 Å². The number of nitrogens with zero attached hydrogens (tertiary/aromatic N) is 2. The Morgan fingerprint density at radius 2 is 1.85 bits per heavy atom. The molecule has 2 fully saturated rings. The second kappa shape index (κ2) is 3.58. The van der Waals surface area contributed by atoms with Crippen molar-refractivity contribution in [2.75, 3.05) is 32.7 Å². The highest BCUT2D eigenvalue weighted by Gasteiger charge is 2.44. The lowest BCUT2D eigenvalue weighted by atomic mass is 9.73. The van der Waals surface area contributed by atoms with Gasteiger partial charge in [-0.2, -0.15) is 0 Å². The molecule has 0 aromatic heterocycles. The third-order valence-electron chi connectivity index (χ3n) is 3.99. The maximum atomic E-state index is 2.71. The van der Waals surface area contributed by atoms with Crippen molar-refractivity contribution in [1.82, 2.24) is 9.80 Å². The fraction of sp³-hybridized carbons (Fsp3) is 1.00. The van der Waals surface area contributed by atoms with Crippen LogP contribution in [0.5, 0.6) is 0 Å². The van der Waals surface area contributed by atoms with E-state index in [9.17, 15) is 0 Å². The largest absolute Gasteiger partial charge is 0.301 e. The van der Waals surface area contributed by atoms with Gasteiger partial charge in [0.2, 0.25) is 0 Å². The van der Waals surface area contributed by atoms with E-state index in [1.807, 2.05) is 0 Å². The second-order valence-electron chi connectivity index (χ2n) is 4.53. The third kappa shape index (κ3) is 1.50. The highest BCUT2D eigenvalue weighted by Crippen LogP contribution is 2.39. The van der Waals surface area contributed by atoms with Crippen molar-refractivity contribution in [3.05, 3.63) is 0 Å². The van der Waals surface area contributed by atoms with E-state index in [-0.39, 0.29) is 0 Å². The molecule has 0 aromatic rings. The summed E-state index contributed by atoms with van der Waals surface area (Å²) in [5.74, 6) is 0. The van der Waals surface area contributed by atoms with Crippen molar-refractivity contribution in [2.24, 2.45) is 0 Å². The first kappa shape index (κ1) is 9.47. The Morgan fingerprint density at radius 3 is 2.31 bits per heavy atom. The molecule has 2 aliphatic rings. The van der Waals surface area contributed by atoms with Gasteiger partial charge in [-0.05, 0) is 32.4 Å². The predicted molar refractivity (Wildman–Crippen MR) is 55.9 cm³/mol. The molecule has 0 radical (unpaired) electrons. The van der Waals surface area contributed by atoms with E-state index in [0.717, 1.165) is 0 Å². The molecule has 1 saturated carbocycles. The van der Waals surface area contributed by atoms with Crippen molar-refractivity contribution >= 4 is 0 Å². The van der Waals surface area contributed by atoms with Gasteiger partial charge in [0.05, 0.1) is 0 Å². The topological polar surface area (TPSA) is 6.48 Å². The fourth-order valence-corrected chi connectivity index (χ4v) is 2.92. The van der Waals surface area contributed by atoms with Crippen LogP contribution < -0.4 is 0 Å². The van der Waals surface area contributed by atoms with E-state index in [1.165, 1.54) is 52.0 Å². The molecular formula is C11H22N2. The summed E-state index contributed by atoms with van der Waals surface area (Å²) in [5, 5.41) is 0. The molecule has 2 nitrogen and oxygen atoms in total. The number of hydrogen-bond acceptors (Lipinski definition) is 2. The number of rotatable bonds is 2. The summed E-state index contributed by atoms with van der Waals surface area (Å²) in [4.78, 5) is 5.33. The van der Waals surface area contributed by atoms with Crippen LogP contribution in [0.3, 0.4) is 0 Å². The van der Waals surface area contributed by atoms with E-state index in [0.29, 0.717) is 5.54 Å². The van der Waals surface area contributed by atoms with E-state index < -0.39 is 0 Å². The van der Waals surface area contributed by atoms with Gasteiger partial charge >= 0.3 is 0 Å². The van der Waals surface area contributed by atoms with Gasteiger partial charge in [-0.25, -0.2) is 0 Å². The van der Waals surface area contributed by atoms with Gasteiger partial charge in [0.1, 0.15) is 0 Å². The SMILES string of the molecule is CCN1CCN(CC)C2(CCC2)C1. The second-order valence-corrected chi connectivity index (χ2v) is 4.53. The van der Waals surface area contributed by atoms with Gasteiger partial charge in [0.25, 0.3) is 0 Å². The van der Waals surface area contributed by atoms with Crippen LogP contribution >= 0.6 is 0 Å². The quantitative estimate of drug-likeness (QED) is 0.639. The monoisotopic (exact) mass is 182 g/mol. The van der Waals surface area contributed by atoms with Gasteiger partial charge < -0.3 is 4.90 Å². The predicted octanol–water partition coefficient (Wildman–Crippen LogP) is 1.57. The van der Waals surface area contributed by atoms with Crippen molar-refractivity contribution < 1.29 is 0 Å². The molecule has 1 heterocycles. The van der Waals surface area contributed by atoms with Gasteiger partial charge in [-0.3, -0.25) is 4.90 Å². The lowest BCUT2D eigenvalue weighted by Gasteiger charge is -2.56. The Labute approximate surface area is 81.9 Å². The summed E-state index contributed by atoms with van der Waals surface area (Å²) < 4.78 is 0. The third-order valence-corrected chi connectivity index (χ3v) is 3.99. The smallest absolute Gasteiger partial charge is 0.0336 e. The summed E-state index contributed by atoms with van der Waals surface area (Å²) in [7, 11) is 0. The maximum Gasteiger partial charge on any atom is 0.0336 e. The summed E-state index contributed by atoms with van der Waals surface area (Å²) in [6, 6.07) is 0. The van der Waals surface area contributed by atoms with Crippen LogP contribution in [0.4, 0.5) is 0 Å². The molecule has 0 aromatic carbocycles. The minimum atomic E-state index is 0.600. The molecule has 2 heteroatoms. The van der Waals surface area contributed by atoms with Crippen molar-refractivity contribution in [1.29, 1.82) is 0 Å². The zero-order valence-electron chi connectivity index (χ0n) is 9.05. The van der Waals surface area contributed by atoms with Crippen molar-refractivity contribution in [3.8, 4) is 0 Å². The molecule has 76 valence electrons. The van der Waals surface area contributed by atoms with E-state index in [4.69, 9.17) is 0 Å². The molecule has 1 spiro atoms. The molecule has 1 aliphatic heterocycles. The average Bonchev–Trinajstić information content (AvgIpc) is 2.14. The zero-order valence-corrected chi connectivity index (χ0v) is 9.05. The van der Waals surface area contributed by atoms with Crippen molar-refractivity contribution in [3.63, 3.8) is 0 Å². The zero-order chi connectivity index (χ0) is 9.31. The van der Waals surface area contributed by atoms with E-state index >= 15 is 0 Å². The number of hydrogen-bond donors (Lipinski definition) is 0. The lowest BCUT2D eigenvalue weighted by molar-refractivity contribution is -0.0481. The van der Waals surface area contributed by atoms with Gasteiger partial charge in [-0.15, -0.1) is 0 Å². The van der Waals surface area contributed by atoms with Gasteiger partial charge in [-0.1, -0.05) is 13.8 Å². The Kier molecular flexibility index (Phi) is 2.61. The number of likely N-dealkylation sites (N-methyl/N-ethyl adjacent to an activating group) is 2. The standard InChI is InChI=1S/C11H22N2/c1-3-12-8-9-13(4-2)11(10-12)6-5-7-11/h3-10H2,1-2H3. The van der Waals surface area contributed by atoms with Crippen LogP contribution in [0, 0.1) is 0 Å². The summed E-state index contributed by atoms with van der Waals surface area (Å²) in [6.45, 7) is 11.0. The first-order valence-electron chi connectivity index (χ1n) is 5.78. The Balaban J connectivity index is 2.01. The van der Waals surface area contributed by atoms with Crippen LogP contribution in [0.2, 0.25) is 0 Å². The lowest BCUT2D eigenvalue weighted by Crippen LogP contribution is -2.65. The first-order valence-corrected chi connectivity index (χ1v) is 5.78. The molecule has 2 rings (SSSR count). The molecule has 13 heavy (non-hydrogen) atoms. The Bertz CT molecular complexity index is 175. The van der Waals surface area contributed by atoms with Gasteiger partial charge in [0.15, 0.2) is 0 Å².